The number of carboxylic acid groups (broad SMARTS) is 1. The lowest BCUT2D eigenvalue weighted by atomic mass is 10.1. The Balaban J connectivity index is 2.53. The van der Waals surface area contributed by atoms with Crippen LogP contribution in [0.25, 0.3) is 0 Å². The number of nitrogens with zero attached hydrogens (tertiary/aromatic N) is 1. The monoisotopic (exact) mass is 262 g/mol. The highest BCUT2D eigenvalue weighted by Crippen LogP contribution is 2.08. The molecule has 0 aliphatic rings. The summed E-state index contributed by atoms with van der Waals surface area (Å²) in [4.78, 5) is 21.6. The minimum absolute atomic E-state index is 0.0149. The van der Waals surface area contributed by atoms with Crippen molar-refractivity contribution in [3.05, 3.63) is 29.8 Å². The summed E-state index contributed by atoms with van der Waals surface area (Å²) in [6, 6.07) is 7.52. The minimum atomic E-state index is -1.08. The van der Waals surface area contributed by atoms with E-state index in [4.69, 9.17) is 16.1 Å². The first kappa shape index (κ1) is 14.5. The maximum atomic E-state index is 10.9. The van der Waals surface area contributed by atoms with Crippen molar-refractivity contribution >= 4 is 17.6 Å². The maximum Gasteiger partial charge on any atom is 0.322 e. The van der Waals surface area contributed by atoms with Crippen LogP contribution in [0, 0.1) is 11.3 Å². The normalized spacial score (nSPS) is 11.3. The van der Waals surface area contributed by atoms with Gasteiger partial charge in [0.25, 0.3) is 0 Å². The van der Waals surface area contributed by atoms with E-state index in [9.17, 15) is 9.59 Å². The molecule has 19 heavy (non-hydrogen) atoms. The van der Waals surface area contributed by atoms with E-state index < -0.39 is 17.9 Å². The first-order chi connectivity index (χ1) is 9.02. The molecule has 0 heterocycles. The number of primary amides is 1. The fourth-order valence-corrected chi connectivity index (χ4v) is 1.34. The molecule has 1 atom stereocenters. The van der Waals surface area contributed by atoms with Crippen LogP contribution >= 0.6 is 0 Å². The van der Waals surface area contributed by atoms with E-state index >= 15 is 0 Å². The molecule has 0 radical (unpaired) electrons. The van der Waals surface area contributed by atoms with Crippen LogP contribution in [0.3, 0.4) is 0 Å². The zero-order chi connectivity index (χ0) is 14.3. The Labute approximate surface area is 110 Å². The average molecular weight is 262 g/mol. The van der Waals surface area contributed by atoms with Crippen molar-refractivity contribution < 1.29 is 14.7 Å². The summed E-state index contributed by atoms with van der Waals surface area (Å²) in [6.07, 6.45) is 0.0764. The van der Waals surface area contributed by atoms with Crippen LogP contribution in [-0.4, -0.2) is 23.0 Å². The van der Waals surface area contributed by atoms with Gasteiger partial charge in [0.1, 0.15) is 6.04 Å². The molecular weight excluding hydrogens is 248 g/mol. The molecule has 0 aliphatic carbocycles. The summed E-state index contributed by atoms with van der Waals surface area (Å²) in [5.41, 5.74) is 11.4. The van der Waals surface area contributed by atoms with Gasteiger partial charge in [-0.25, -0.2) is 5.43 Å². The highest BCUT2D eigenvalue weighted by atomic mass is 16.4. The van der Waals surface area contributed by atoms with Gasteiger partial charge in [-0.05, 0) is 30.7 Å². The predicted molar refractivity (Wildman–Crippen MR) is 67.8 cm³/mol. The zero-order valence-electron chi connectivity index (χ0n) is 10.1. The van der Waals surface area contributed by atoms with E-state index in [1.165, 1.54) is 0 Å². The van der Waals surface area contributed by atoms with E-state index in [-0.39, 0.29) is 12.8 Å². The number of rotatable bonds is 7. The first-order valence-corrected chi connectivity index (χ1v) is 5.55. The summed E-state index contributed by atoms with van der Waals surface area (Å²) in [5, 5.41) is 17.6. The molecular formula is C12H14N4O3. The Hall–Kier alpha value is -2.59. The van der Waals surface area contributed by atoms with Crippen LogP contribution in [0.1, 0.15) is 18.4 Å². The zero-order valence-corrected chi connectivity index (χ0v) is 10.1. The van der Waals surface area contributed by atoms with Gasteiger partial charge in [-0.3, -0.25) is 9.59 Å². The van der Waals surface area contributed by atoms with E-state index in [1.54, 1.807) is 24.3 Å². The van der Waals surface area contributed by atoms with Crippen LogP contribution in [0.4, 0.5) is 5.69 Å². The topological polar surface area (TPSA) is 128 Å². The maximum absolute atomic E-state index is 10.9. The van der Waals surface area contributed by atoms with Crippen molar-refractivity contribution in [2.75, 3.05) is 5.43 Å². The number of aliphatic carboxylic acids is 1. The molecule has 7 nitrogen and oxygen atoms in total. The third kappa shape index (κ3) is 5.06. The van der Waals surface area contributed by atoms with Gasteiger partial charge in [0.2, 0.25) is 5.91 Å². The quantitative estimate of drug-likeness (QED) is 0.519. The van der Waals surface area contributed by atoms with E-state index in [1.807, 2.05) is 6.07 Å². The minimum Gasteiger partial charge on any atom is -0.480 e. The second-order valence-corrected chi connectivity index (χ2v) is 3.85. The number of nitriles is 1. The number of nitrogens with two attached hydrogens (primary N) is 1. The van der Waals surface area contributed by atoms with Gasteiger partial charge in [-0.15, -0.1) is 0 Å². The Morgan fingerprint density at radius 3 is 2.47 bits per heavy atom. The molecule has 100 valence electrons. The molecule has 0 bridgehead atoms. The van der Waals surface area contributed by atoms with Gasteiger partial charge in [0, 0.05) is 12.1 Å². The van der Waals surface area contributed by atoms with E-state index in [0.29, 0.717) is 11.3 Å². The predicted octanol–water partition coefficient (Wildman–Crippen LogP) is 0.193. The second kappa shape index (κ2) is 6.98. The summed E-state index contributed by atoms with van der Waals surface area (Å²) in [7, 11) is 0. The molecule has 1 aromatic rings. The number of benzene rings is 1. The number of amides is 1. The molecule has 1 amide bonds. The fourth-order valence-electron chi connectivity index (χ4n) is 1.34. The Kier molecular flexibility index (Phi) is 5.32. The highest BCUT2D eigenvalue weighted by Gasteiger charge is 2.17. The van der Waals surface area contributed by atoms with Gasteiger partial charge in [-0.1, -0.05) is 0 Å². The van der Waals surface area contributed by atoms with Crippen molar-refractivity contribution in [3.8, 4) is 6.07 Å². The molecule has 7 heteroatoms. The van der Waals surface area contributed by atoms with Crippen LogP contribution in [0.2, 0.25) is 0 Å². The number of nitrogens with one attached hydrogen (secondary N) is 2. The number of carbonyl (C=O) groups excluding carboxylic acids is 1. The van der Waals surface area contributed by atoms with Crippen LogP contribution in [-0.2, 0) is 9.59 Å². The molecule has 0 fully saturated rings. The molecule has 0 spiro atoms. The van der Waals surface area contributed by atoms with Gasteiger partial charge < -0.3 is 16.3 Å². The smallest absolute Gasteiger partial charge is 0.322 e. The lowest BCUT2D eigenvalue weighted by molar-refractivity contribution is -0.139. The van der Waals surface area contributed by atoms with Crippen molar-refractivity contribution in [1.82, 2.24) is 5.43 Å². The first-order valence-electron chi connectivity index (χ1n) is 5.55. The molecule has 0 aliphatic heterocycles. The molecule has 1 aromatic carbocycles. The summed E-state index contributed by atoms with van der Waals surface area (Å²) in [6.45, 7) is 0. The molecule has 0 saturated carbocycles. The van der Waals surface area contributed by atoms with Gasteiger partial charge in [0.15, 0.2) is 0 Å². The SMILES string of the molecule is N#Cc1ccc(NN[C@H](CCC(N)=O)C(=O)O)cc1. The van der Waals surface area contributed by atoms with Crippen molar-refractivity contribution in [2.24, 2.45) is 5.73 Å². The largest absolute Gasteiger partial charge is 0.480 e. The summed E-state index contributed by atoms with van der Waals surface area (Å²) >= 11 is 0. The Morgan fingerprint density at radius 1 is 1.37 bits per heavy atom. The van der Waals surface area contributed by atoms with Crippen LogP contribution in [0.15, 0.2) is 24.3 Å². The lowest BCUT2D eigenvalue weighted by Gasteiger charge is -2.15. The Morgan fingerprint density at radius 2 is 2.00 bits per heavy atom. The fraction of sp³-hybridized carbons (Fsp3) is 0.250. The van der Waals surface area contributed by atoms with Crippen molar-refractivity contribution in [3.63, 3.8) is 0 Å². The average Bonchev–Trinajstić information content (AvgIpc) is 2.38. The third-order valence-electron chi connectivity index (χ3n) is 2.38. The molecule has 5 N–H and O–H groups in total. The van der Waals surface area contributed by atoms with Gasteiger partial charge in [0.05, 0.1) is 11.6 Å². The number of hydrazine groups is 1. The van der Waals surface area contributed by atoms with Crippen LogP contribution < -0.4 is 16.6 Å². The lowest BCUT2D eigenvalue weighted by Crippen LogP contribution is -2.41. The van der Waals surface area contributed by atoms with E-state index in [0.717, 1.165) is 0 Å². The number of carbonyl (C=O) groups is 2. The van der Waals surface area contributed by atoms with Gasteiger partial charge in [-0.2, -0.15) is 5.26 Å². The summed E-state index contributed by atoms with van der Waals surface area (Å²) in [5.74, 6) is -1.63. The molecule has 0 unspecified atom stereocenters. The van der Waals surface area contributed by atoms with Crippen LogP contribution in [0.5, 0.6) is 0 Å². The third-order valence-corrected chi connectivity index (χ3v) is 2.38. The second-order valence-electron chi connectivity index (χ2n) is 3.85. The van der Waals surface area contributed by atoms with Crippen molar-refractivity contribution in [1.29, 1.82) is 5.26 Å². The number of carboxylic acids is 1. The highest BCUT2D eigenvalue weighted by molar-refractivity contribution is 5.77. The molecule has 0 saturated heterocycles. The number of anilines is 1. The molecule has 1 rings (SSSR count). The standard InChI is InChI=1S/C12H14N4O3/c13-7-8-1-3-9(4-2-8)15-16-10(12(18)19)5-6-11(14)17/h1-4,10,15-16H,5-6H2,(H2,14,17)(H,18,19)/t10-/m1/s1. The molecule has 0 aromatic heterocycles. The van der Waals surface area contributed by atoms with E-state index in [2.05, 4.69) is 10.9 Å². The van der Waals surface area contributed by atoms with Gasteiger partial charge >= 0.3 is 5.97 Å². The Bertz CT molecular complexity index is 493. The number of hydrogen-bond donors (Lipinski definition) is 4. The van der Waals surface area contributed by atoms with Crippen molar-refractivity contribution in [2.45, 2.75) is 18.9 Å². The number of hydrogen-bond acceptors (Lipinski definition) is 5. The summed E-state index contributed by atoms with van der Waals surface area (Å²) < 4.78 is 0.